The van der Waals surface area contributed by atoms with Crippen molar-refractivity contribution in [3.8, 4) is 0 Å². The van der Waals surface area contributed by atoms with Crippen molar-refractivity contribution in [2.45, 2.75) is 11.8 Å². The lowest BCUT2D eigenvalue weighted by Gasteiger charge is -2.15. The zero-order valence-corrected chi connectivity index (χ0v) is 11.7. The van der Waals surface area contributed by atoms with Gasteiger partial charge in [0.2, 0.25) is 10.0 Å². The molecule has 0 radical (unpaired) electrons. The lowest BCUT2D eigenvalue weighted by Crippen LogP contribution is -2.28. The largest absolute Gasteiger partial charge is 0.243 e. The van der Waals surface area contributed by atoms with E-state index in [0.29, 0.717) is 23.9 Å². The summed E-state index contributed by atoms with van der Waals surface area (Å²) in [7, 11) is -3.36. The van der Waals surface area contributed by atoms with Crippen LogP contribution in [0, 0.1) is 11.8 Å². The summed E-state index contributed by atoms with van der Waals surface area (Å²) in [6, 6.07) is 8.67. The zero-order chi connectivity index (χ0) is 13.5. The summed E-state index contributed by atoms with van der Waals surface area (Å²) >= 11 is 0. The fourth-order valence-corrected chi connectivity index (χ4v) is 4.19. The Labute approximate surface area is 114 Å². The molecule has 1 fully saturated rings. The van der Waals surface area contributed by atoms with E-state index in [1.165, 1.54) is 5.57 Å². The van der Waals surface area contributed by atoms with E-state index in [9.17, 15) is 8.42 Å². The lowest BCUT2D eigenvalue weighted by molar-refractivity contribution is 0.471. The number of allylic oxidation sites excluding steroid dienone is 2. The molecule has 1 aliphatic heterocycles. The SMILES string of the molecule is C[C@@H]1C=C[C@@H]2CN(S(=O)(=O)c3ccccc3)CC2=C1. The predicted molar refractivity (Wildman–Crippen MR) is 75.1 cm³/mol. The van der Waals surface area contributed by atoms with Crippen molar-refractivity contribution in [1.29, 1.82) is 0 Å². The monoisotopic (exact) mass is 275 g/mol. The normalized spacial score (nSPS) is 27.1. The third kappa shape index (κ3) is 2.26. The summed E-state index contributed by atoms with van der Waals surface area (Å²) in [5, 5.41) is 0. The molecular formula is C15H17NO2S. The summed E-state index contributed by atoms with van der Waals surface area (Å²) in [4.78, 5) is 0.381. The fourth-order valence-electron chi connectivity index (χ4n) is 2.71. The van der Waals surface area contributed by atoms with Gasteiger partial charge in [0.15, 0.2) is 0 Å². The van der Waals surface area contributed by atoms with Crippen molar-refractivity contribution in [2.24, 2.45) is 11.8 Å². The number of rotatable bonds is 2. The maximum atomic E-state index is 12.5. The van der Waals surface area contributed by atoms with Gasteiger partial charge in [-0.3, -0.25) is 0 Å². The van der Waals surface area contributed by atoms with Crippen LogP contribution in [0.5, 0.6) is 0 Å². The van der Waals surface area contributed by atoms with E-state index in [4.69, 9.17) is 0 Å². The van der Waals surface area contributed by atoms with Gasteiger partial charge in [0.1, 0.15) is 0 Å². The van der Waals surface area contributed by atoms with Crippen LogP contribution in [0.4, 0.5) is 0 Å². The van der Waals surface area contributed by atoms with Crippen molar-refractivity contribution < 1.29 is 8.42 Å². The van der Waals surface area contributed by atoms with Gasteiger partial charge in [-0.2, -0.15) is 4.31 Å². The van der Waals surface area contributed by atoms with Gasteiger partial charge in [-0.15, -0.1) is 0 Å². The molecule has 0 amide bonds. The summed E-state index contributed by atoms with van der Waals surface area (Å²) in [6.07, 6.45) is 6.47. The first-order chi connectivity index (χ1) is 9.07. The molecule has 19 heavy (non-hydrogen) atoms. The van der Waals surface area contributed by atoms with Crippen molar-refractivity contribution in [3.63, 3.8) is 0 Å². The molecule has 0 bridgehead atoms. The van der Waals surface area contributed by atoms with E-state index >= 15 is 0 Å². The van der Waals surface area contributed by atoms with Crippen LogP contribution in [0.1, 0.15) is 6.92 Å². The molecule has 1 saturated heterocycles. The third-order valence-electron chi connectivity index (χ3n) is 3.74. The quantitative estimate of drug-likeness (QED) is 0.777. The Hall–Kier alpha value is -1.39. The Bertz CT molecular complexity index is 631. The molecule has 100 valence electrons. The summed E-state index contributed by atoms with van der Waals surface area (Å²) in [5.74, 6) is 0.667. The molecule has 0 saturated carbocycles. The Morgan fingerprint density at radius 3 is 2.63 bits per heavy atom. The number of hydrogen-bond donors (Lipinski definition) is 0. The van der Waals surface area contributed by atoms with Crippen molar-refractivity contribution in [1.82, 2.24) is 4.31 Å². The van der Waals surface area contributed by atoms with Crippen LogP contribution >= 0.6 is 0 Å². The fraction of sp³-hybridized carbons (Fsp3) is 0.333. The first-order valence-electron chi connectivity index (χ1n) is 6.51. The highest BCUT2D eigenvalue weighted by Crippen LogP contribution is 2.32. The lowest BCUT2D eigenvalue weighted by atomic mass is 9.92. The highest BCUT2D eigenvalue weighted by Gasteiger charge is 2.35. The zero-order valence-electron chi connectivity index (χ0n) is 10.9. The van der Waals surface area contributed by atoms with Crippen LogP contribution in [-0.2, 0) is 10.0 Å². The molecule has 4 heteroatoms. The molecule has 1 aliphatic carbocycles. The second-order valence-corrected chi connectivity index (χ2v) is 7.14. The number of nitrogens with zero attached hydrogens (tertiary/aromatic N) is 1. The Morgan fingerprint density at radius 2 is 1.89 bits per heavy atom. The Morgan fingerprint density at radius 1 is 1.16 bits per heavy atom. The van der Waals surface area contributed by atoms with Gasteiger partial charge in [-0.25, -0.2) is 8.42 Å². The van der Waals surface area contributed by atoms with E-state index in [0.717, 1.165) is 0 Å². The summed E-state index contributed by atoms with van der Waals surface area (Å²) < 4.78 is 26.7. The minimum Gasteiger partial charge on any atom is -0.207 e. The maximum absolute atomic E-state index is 12.5. The molecule has 0 unspecified atom stereocenters. The number of fused-ring (bicyclic) bond motifs is 1. The minimum atomic E-state index is -3.36. The predicted octanol–water partition coefficient (Wildman–Crippen LogP) is 2.44. The topological polar surface area (TPSA) is 37.4 Å². The van der Waals surface area contributed by atoms with Crippen molar-refractivity contribution >= 4 is 10.0 Å². The van der Waals surface area contributed by atoms with Crippen LogP contribution in [0.15, 0.2) is 59.0 Å². The summed E-state index contributed by atoms with van der Waals surface area (Å²) in [6.45, 7) is 3.21. The molecule has 3 nitrogen and oxygen atoms in total. The number of hydrogen-bond acceptors (Lipinski definition) is 2. The van der Waals surface area contributed by atoms with Crippen molar-refractivity contribution in [3.05, 3.63) is 54.1 Å². The Balaban J connectivity index is 1.90. The van der Waals surface area contributed by atoms with Crippen LogP contribution < -0.4 is 0 Å². The minimum absolute atomic E-state index is 0.259. The number of benzene rings is 1. The van der Waals surface area contributed by atoms with Crippen LogP contribution in [0.2, 0.25) is 0 Å². The van der Waals surface area contributed by atoms with Gasteiger partial charge in [0, 0.05) is 19.0 Å². The molecule has 1 aromatic rings. The molecular weight excluding hydrogens is 258 g/mol. The average Bonchev–Trinajstić information content (AvgIpc) is 2.83. The summed E-state index contributed by atoms with van der Waals surface area (Å²) in [5.41, 5.74) is 1.23. The molecule has 1 aromatic carbocycles. The second kappa shape index (κ2) is 4.62. The van der Waals surface area contributed by atoms with Crippen LogP contribution in [0.3, 0.4) is 0 Å². The van der Waals surface area contributed by atoms with Gasteiger partial charge in [-0.05, 0) is 18.1 Å². The van der Waals surface area contributed by atoms with E-state index in [-0.39, 0.29) is 5.92 Å². The van der Waals surface area contributed by atoms with E-state index in [2.05, 4.69) is 25.2 Å². The van der Waals surface area contributed by atoms with E-state index in [1.54, 1.807) is 28.6 Å². The van der Waals surface area contributed by atoms with Gasteiger partial charge >= 0.3 is 0 Å². The molecule has 0 spiro atoms. The smallest absolute Gasteiger partial charge is 0.207 e. The van der Waals surface area contributed by atoms with Crippen molar-refractivity contribution in [2.75, 3.05) is 13.1 Å². The molecule has 2 atom stereocenters. The highest BCUT2D eigenvalue weighted by atomic mass is 32.2. The molecule has 0 aromatic heterocycles. The second-order valence-electron chi connectivity index (χ2n) is 5.20. The Kier molecular flexibility index (Phi) is 3.07. The van der Waals surface area contributed by atoms with Gasteiger partial charge in [0.25, 0.3) is 0 Å². The molecule has 1 heterocycles. The van der Waals surface area contributed by atoms with Gasteiger partial charge in [0.05, 0.1) is 4.90 Å². The molecule has 0 N–H and O–H groups in total. The van der Waals surface area contributed by atoms with Crippen LogP contribution in [-0.4, -0.2) is 25.8 Å². The first-order valence-corrected chi connectivity index (χ1v) is 7.95. The standard InChI is InChI=1S/C15H17NO2S/c1-12-7-8-13-10-16(11-14(13)9-12)19(17,18)15-5-3-2-4-6-15/h2-9,12-13H,10-11H2,1H3/t12-,13-/m1/s1. The first kappa shape index (κ1) is 12.6. The average molecular weight is 275 g/mol. The van der Waals surface area contributed by atoms with Gasteiger partial charge < -0.3 is 0 Å². The highest BCUT2D eigenvalue weighted by molar-refractivity contribution is 7.89. The molecule has 3 rings (SSSR count). The molecule has 2 aliphatic rings. The van der Waals surface area contributed by atoms with Gasteiger partial charge in [-0.1, -0.05) is 48.9 Å². The number of sulfonamides is 1. The third-order valence-corrected chi connectivity index (χ3v) is 5.57. The maximum Gasteiger partial charge on any atom is 0.243 e. The van der Waals surface area contributed by atoms with Crippen LogP contribution in [0.25, 0.3) is 0 Å². The van der Waals surface area contributed by atoms with E-state index in [1.807, 2.05) is 6.07 Å². The van der Waals surface area contributed by atoms with E-state index < -0.39 is 10.0 Å².